The van der Waals surface area contributed by atoms with Gasteiger partial charge in [-0.1, -0.05) is 12.8 Å². The van der Waals surface area contributed by atoms with E-state index in [2.05, 4.69) is 11.2 Å². The highest BCUT2D eigenvalue weighted by Crippen LogP contribution is 2.41. The molecule has 2 bridgehead atoms. The summed E-state index contributed by atoms with van der Waals surface area (Å²) in [5, 5.41) is 3.58. The van der Waals surface area contributed by atoms with Crippen molar-refractivity contribution in [3.05, 3.63) is 0 Å². The Morgan fingerprint density at radius 1 is 1.15 bits per heavy atom. The molecule has 0 aromatic rings. The van der Waals surface area contributed by atoms with Gasteiger partial charge in [0.25, 0.3) is 0 Å². The molecule has 2 rings (SSSR count). The van der Waals surface area contributed by atoms with E-state index in [1.807, 2.05) is 0 Å². The van der Waals surface area contributed by atoms with Gasteiger partial charge in [0.2, 0.25) is 0 Å². The molecule has 2 aliphatic carbocycles. The molecule has 2 aliphatic rings. The van der Waals surface area contributed by atoms with Crippen LogP contribution >= 0.6 is 0 Å². The minimum Gasteiger partial charge on any atom is -0.313 e. The summed E-state index contributed by atoms with van der Waals surface area (Å²) in [6.45, 7) is 1.01. The molecule has 2 unspecified atom stereocenters. The number of hydrogen-bond acceptors (Lipinski definition) is 1. The highest BCUT2D eigenvalue weighted by Gasteiger charge is 2.33. The van der Waals surface area contributed by atoms with Crippen LogP contribution in [0, 0.1) is 24.2 Å². The first kappa shape index (κ1) is 9.09. The summed E-state index contributed by atoms with van der Waals surface area (Å²) in [7, 11) is 0. The third kappa shape index (κ3) is 2.25. The third-order valence-corrected chi connectivity index (χ3v) is 3.59. The lowest BCUT2D eigenvalue weighted by Crippen LogP contribution is -2.35. The average molecular weight is 177 g/mol. The summed E-state index contributed by atoms with van der Waals surface area (Å²) < 4.78 is 0. The first-order valence-electron chi connectivity index (χ1n) is 5.55. The molecule has 72 valence electrons. The minimum absolute atomic E-state index is 0.777. The maximum absolute atomic E-state index is 5.22. The van der Waals surface area contributed by atoms with Crippen LogP contribution in [-0.2, 0) is 0 Å². The zero-order valence-electron chi connectivity index (χ0n) is 8.26. The Morgan fingerprint density at radius 2 is 1.85 bits per heavy atom. The van der Waals surface area contributed by atoms with Crippen LogP contribution < -0.4 is 5.32 Å². The fraction of sp³-hybridized carbons (Fsp3) is 0.833. The maximum Gasteiger partial charge on any atom is 0.0211 e. The minimum atomic E-state index is 0.777. The SMILES string of the molecule is C#CCCNC1CC2CCC(C2)C1. The second-order valence-electron chi connectivity index (χ2n) is 4.62. The molecule has 1 N–H and O–H groups in total. The molecule has 0 saturated heterocycles. The molecule has 2 fully saturated rings. The van der Waals surface area contributed by atoms with Crippen molar-refractivity contribution in [2.45, 2.75) is 44.6 Å². The monoisotopic (exact) mass is 177 g/mol. The summed E-state index contributed by atoms with van der Waals surface area (Å²) in [6.07, 6.45) is 13.4. The summed E-state index contributed by atoms with van der Waals surface area (Å²) in [5.74, 6) is 4.74. The highest BCUT2D eigenvalue weighted by atomic mass is 14.9. The summed E-state index contributed by atoms with van der Waals surface area (Å²) in [6, 6.07) is 0.777. The number of fused-ring (bicyclic) bond motifs is 2. The lowest BCUT2D eigenvalue weighted by atomic mass is 9.85. The molecule has 2 atom stereocenters. The maximum atomic E-state index is 5.22. The lowest BCUT2D eigenvalue weighted by Gasteiger charge is -2.28. The van der Waals surface area contributed by atoms with Gasteiger partial charge in [0.1, 0.15) is 0 Å². The standard InChI is InChI=1S/C12H19N/c1-2-3-6-13-12-8-10-4-5-11(7-10)9-12/h1,10-13H,3-9H2. The van der Waals surface area contributed by atoms with Gasteiger partial charge in [0.05, 0.1) is 0 Å². The van der Waals surface area contributed by atoms with Gasteiger partial charge in [-0.25, -0.2) is 0 Å². The van der Waals surface area contributed by atoms with E-state index < -0.39 is 0 Å². The van der Waals surface area contributed by atoms with Crippen molar-refractivity contribution in [3.8, 4) is 12.3 Å². The molecule has 0 heterocycles. The molecule has 0 aromatic carbocycles. The molecular formula is C12H19N. The molecular weight excluding hydrogens is 158 g/mol. The molecule has 1 nitrogen and oxygen atoms in total. The van der Waals surface area contributed by atoms with Crippen LogP contribution in [0.15, 0.2) is 0 Å². The normalized spacial score (nSPS) is 37.3. The molecule has 2 saturated carbocycles. The van der Waals surface area contributed by atoms with E-state index in [9.17, 15) is 0 Å². The Hall–Kier alpha value is -0.480. The van der Waals surface area contributed by atoms with E-state index in [1.165, 1.54) is 32.1 Å². The topological polar surface area (TPSA) is 12.0 Å². The van der Waals surface area contributed by atoms with Gasteiger partial charge in [-0.3, -0.25) is 0 Å². The third-order valence-electron chi connectivity index (χ3n) is 3.59. The molecule has 0 spiro atoms. The number of hydrogen-bond donors (Lipinski definition) is 1. The van der Waals surface area contributed by atoms with Crippen molar-refractivity contribution in [1.29, 1.82) is 0 Å². The second kappa shape index (κ2) is 4.15. The van der Waals surface area contributed by atoms with Crippen LogP contribution in [-0.4, -0.2) is 12.6 Å². The first-order chi connectivity index (χ1) is 6.38. The molecule has 0 aliphatic heterocycles. The van der Waals surface area contributed by atoms with Gasteiger partial charge >= 0.3 is 0 Å². The fourth-order valence-electron chi connectivity index (χ4n) is 3.02. The van der Waals surface area contributed by atoms with Gasteiger partial charge in [0.15, 0.2) is 0 Å². The van der Waals surface area contributed by atoms with Gasteiger partial charge in [-0.15, -0.1) is 12.3 Å². The summed E-state index contributed by atoms with van der Waals surface area (Å²) in [4.78, 5) is 0. The predicted molar refractivity (Wildman–Crippen MR) is 55.3 cm³/mol. The van der Waals surface area contributed by atoms with E-state index in [0.29, 0.717) is 0 Å². The van der Waals surface area contributed by atoms with Crippen molar-refractivity contribution in [2.24, 2.45) is 11.8 Å². The second-order valence-corrected chi connectivity index (χ2v) is 4.62. The van der Waals surface area contributed by atoms with E-state index in [1.54, 1.807) is 0 Å². The van der Waals surface area contributed by atoms with Crippen LogP contribution in [0.3, 0.4) is 0 Å². The predicted octanol–water partition coefficient (Wildman–Crippen LogP) is 2.18. The van der Waals surface area contributed by atoms with Crippen molar-refractivity contribution < 1.29 is 0 Å². The number of terminal acetylenes is 1. The van der Waals surface area contributed by atoms with Gasteiger partial charge in [-0.2, -0.15) is 0 Å². The van der Waals surface area contributed by atoms with Crippen molar-refractivity contribution in [2.75, 3.05) is 6.54 Å². The Balaban J connectivity index is 1.73. The largest absolute Gasteiger partial charge is 0.313 e. The van der Waals surface area contributed by atoms with Crippen molar-refractivity contribution >= 4 is 0 Å². The van der Waals surface area contributed by atoms with Crippen LogP contribution in [0.1, 0.15) is 38.5 Å². The van der Waals surface area contributed by atoms with Crippen LogP contribution in [0.4, 0.5) is 0 Å². The molecule has 0 radical (unpaired) electrons. The summed E-state index contributed by atoms with van der Waals surface area (Å²) in [5.41, 5.74) is 0. The van der Waals surface area contributed by atoms with Crippen molar-refractivity contribution in [1.82, 2.24) is 5.32 Å². The first-order valence-corrected chi connectivity index (χ1v) is 5.55. The molecule has 1 heteroatoms. The zero-order valence-corrected chi connectivity index (χ0v) is 8.26. The van der Waals surface area contributed by atoms with Crippen LogP contribution in [0.5, 0.6) is 0 Å². The van der Waals surface area contributed by atoms with E-state index in [4.69, 9.17) is 6.42 Å². The van der Waals surface area contributed by atoms with Gasteiger partial charge in [0, 0.05) is 19.0 Å². The van der Waals surface area contributed by atoms with Gasteiger partial charge in [-0.05, 0) is 31.1 Å². The average Bonchev–Trinajstić information content (AvgIpc) is 2.46. The van der Waals surface area contributed by atoms with Crippen molar-refractivity contribution in [3.63, 3.8) is 0 Å². The Kier molecular flexibility index (Phi) is 2.90. The fourth-order valence-corrected chi connectivity index (χ4v) is 3.02. The number of rotatable bonds is 3. The van der Waals surface area contributed by atoms with E-state index in [-0.39, 0.29) is 0 Å². The highest BCUT2D eigenvalue weighted by molar-refractivity contribution is 4.90. The molecule has 13 heavy (non-hydrogen) atoms. The quantitative estimate of drug-likeness (QED) is 0.514. The lowest BCUT2D eigenvalue weighted by molar-refractivity contribution is 0.283. The van der Waals surface area contributed by atoms with E-state index in [0.717, 1.165) is 30.8 Å². The molecule has 0 amide bonds. The Bertz CT molecular complexity index is 192. The Labute approximate surface area is 81.3 Å². The smallest absolute Gasteiger partial charge is 0.0211 e. The van der Waals surface area contributed by atoms with Crippen LogP contribution in [0.2, 0.25) is 0 Å². The van der Waals surface area contributed by atoms with Gasteiger partial charge < -0.3 is 5.32 Å². The summed E-state index contributed by atoms with van der Waals surface area (Å²) >= 11 is 0. The Morgan fingerprint density at radius 3 is 2.46 bits per heavy atom. The van der Waals surface area contributed by atoms with E-state index >= 15 is 0 Å². The number of nitrogens with one attached hydrogen (secondary N) is 1. The molecule has 0 aromatic heterocycles. The zero-order chi connectivity index (χ0) is 9.10. The van der Waals surface area contributed by atoms with Crippen LogP contribution in [0.25, 0.3) is 0 Å².